The summed E-state index contributed by atoms with van der Waals surface area (Å²) in [5, 5.41) is 14.7. The summed E-state index contributed by atoms with van der Waals surface area (Å²) in [4.78, 5) is 20.4. The second kappa shape index (κ2) is 9.57. The SMILES string of the molecule is Cc1ccccc1Nc1sc2c(-c3ccc(Cl)cc3)c(C#N)c(N)nc2c1C(=O)N1CCCCC1. The molecule has 2 aromatic heterocycles. The lowest BCUT2D eigenvalue weighted by molar-refractivity contribution is 0.0727. The zero-order valence-electron chi connectivity index (χ0n) is 19.3. The Morgan fingerprint density at radius 3 is 2.54 bits per heavy atom. The summed E-state index contributed by atoms with van der Waals surface area (Å²) in [6, 6.07) is 17.4. The van der Waals surface area contributed by atoms with Crippen molar-refractivity contribution >= 4 is 55.6 Å². The van der Waals surface area contributed by atoms with E-state index in [-0.39, 0.29) is 11.7 Å². The summed E-state index contributed by atoms with van der Waals surface area (Å²) < 4.78 is 0.745. The number of anilines is 3. The topological polar surface area (TPSA) is 95.0 Å². The van der Waals surface area contributed by atoms with Crippen molar-refractivity contribution in [2.24, 2.45) is 0 Å². The molecule has 0 atom stereocenters. The molecule has 0 unspecified atom stereocenters. The van der Waals surface area contributed by atoms with Crippen LogP contribution < -0.4 is 11.1 Å². The summed E-state index contributed by atoms with van der Waals surface area (Å²) in [7, 11) is 0. The monoisotopic (exact) mass is 501 g/mol. The fourth-order valence-electron chi connectivity index (χ4n) is 4.50. The van der Waals surface area contributed by atoms with Crippen LogP contribution in [0, 0.1) is 18.3 Å². The Hall–Kier alpha value is -3.60. The molecule has 3 heterocycles. The number of nitrogen functional groups attached to an aromatic ring is 1. The van der Waals surface area contributed by atoms with Gasteiger partial charge in [-0.2, -0.15) is 5.26 Å². The number of para-hydroxylation sites is 1. The number of nitrogens with two attached hydrogens (primary N) is 1. The molecule has 0 aliphatic carbocycles. The highest BCUT2D eigenvalue weighted by Crippen LogP contribution is 2.45. The number of nitrogens with zero attached hydrogens (tertiary/aromatic N) is 3. The lowest BCUT2D eigenvalue weighted by Crippen LogP contribution is -2.35. The van der Waals surface area contributed by atoms with Gasteiger partial charge in [-0.15, -0.1) is 11.3 Å². The molecule has 2 aromatic carbocycles. The molecule has 1 saturated heterocycles. The Morgan fingerprint density at radius 1 is 1.14 bits per heavy atom. The second-order valence-electron chi connectivity index (χ2n) is 8.64. The number of hydrogen-bond acceptors (Lipinski definition) is 6. The van der Waals surface area contributed by atoms with E-state index in [4.69, 9.17) is 17.3 Å². The zero-order valence-corrected chi connectivity index (χ0v) is 20.8. The van der Waals surface area contributed by atoms with Gasteiger partial charge in [-0.25, -0.2) is 4.98 Å². The molecule has 0 radical (unpaired) electrons. The van der Waals surface area contributed by atoms with E-state index in [1.54, 1.807) is 12.1 Å². The first-order valence-electron chi connectivity index (χ1n) is 11.5. The molecule has 5 rings (SSSR count). The smallest absolute Gasteiger partial charge is 0.259 e. The van der Waals surface area contributed by atoms with Gasteiger partial charge in [-0.05, 0) is 55.5 Å². The molecule has 1 amide bonds. The zero-order chi connectivity index (χ0) is 24.5. The van der Waals surface area contributed by atoms with E-state index in [0.717, 1.165) is 53.9 Å². The molecule has 8 heteroatoms. The van der Waals surface area contributed by atoms with Crippen molar-refractivity contribution in [3.05, 3.63) is 70.2 Å². The third-order valence-electron chi connectivity index (χ3n) is 6.34. The van der Waals surface area contributed by atoms with Crippen LogP contribution in [-0.2, 0) is 0 Å². The molecule has 0 spiro atoms. The first kappa shape index (κ1) is 23.2. The average Bonchev–Trinajstić information content (AvgIpc) is 3.22. The van der Waals surface area contributed by atoms with E-state index >= 15 is 0 Å². The Bertz CT molecular complexity index is 1470. The van der Waals surface area contributed by atoms with E-state index in [0.29, 0.717) is 32.2 Å². The predicted molar refractivity (Wildman–Crippen MR) is 143 cm³/mol. The van der Waals surface area contributed by atoms with Crippen molar-refractivity contribution in [2.45, 2.75) is 26.2 Å². The van der Waals surface area contributed by atoms with Gasteiger partial charge in [-0.1, -0.05) is 41.9 Å². The summed E-state index contributed by atoms with van der Waals surface area (Å²) in [6.45, 7) is 3.45. The number of rotatable bonds is 4. The third-order valence-corrected chi connectivity index (χ3v) is 7.71. The van der Waals surface area contributed by atoms with Crippen LogP contribution in [0.1, 0.15) is 40.7 Å². The minimum Gasteiger partial charge on any atom is -0.383 e. The van der Waals surface area contributed by atoms with Crippen LogP contribution >= 0.6 is 22.9 Å². The lowest BCUT2D eigenvalue weighted by Gasteiger charge is -2.27. The molecule has 4 aromatic rings. The van der Waals surface area contributed by atoms with Gasteiger partial charge in [0.2, 0.25) is 0 Å². The van der Waals surface area contributed by atoms with Crippen molar-refractivity contribution in [3.8, 4) is 17.2 Å². The first-order valence-corrected chi connectivity index (χ1v) is 12.7. The summed E-state index contributed by atoms with van der Waals surface area (Å²) >= 11 is 7.55. The molecule has 1 aliphatic rings. The number of benzene rings is 2. The van der Waals surface area contributed by atoms with Gasteiger partial charge in [0.05, 0.1) is 10.2 Å². The van der Waals surface area contributed by atoms with E-state index in [1.807, 2.05) is 48.2 Å². The number of halogens is 1. The van der Waals surface area contributed by atoms with Crippen molar-refractivity contribution in [3.63, 3.8) is 0 Å². The molecular weight excluding hydrogens is 478 g/mol. The minimum atomic E-state index is -0.0642. The predicted octanol–water partition coefficient (Wildman–Crippen LogP) is 6.75. The molecule has 0 saturated carbocycles. The van der Waals surface area contributed by atoms with Gasteiger partial charge < -0.3 is 16.0 Å². The van der Waals surface area contributed by atoms with Crippen molar-refractivity contribution in [1.29, 1.82) is 5.26 Å². The number of pyridine rings is 1. The van der Waals surface area contributed by atoms with Crippen LogP contribution in [0.15, 0.2) is 48.5 Å². The molecule has 35 heavy (non-hydrogen) atoms. The number of likely N-dealkylation sites (tertiary alicyclic amines) is 1. The van der Waals surface area contributed by atoms with Gasteiger partial charge in [-0.3, -0.25) is 4.79 Å². The Balaban J connectivity index is 1.78. The van der Waals surface area contributed by atoms with Crippen LogP contribution in [0.5, 0.6) is 0 Å². The number of aryl methyl sites for hydroxylation is 1. The van der Waals surface area contributed by atoms with Gasteiger partial charge in [0.25, 0.3) is 5.91 Å². The van der Waals surface area contributed by atoms with Gasteiger partial charge in [0.1, 0.15) is 28.0 Å². The largest absolute Gasteiger partial charge is 0.383 e. The molecule has 176 valence electrons. The second-order valence-corrected chi connectivity index (χ2v) is 10.1. The molecule has 0 bridgehead atoms. The number of thiophene rings is 1. The fraction of sp³-hybridized carbons (Fsp3) is 0.222. The summed E-state index contributed by atoms with van der Waals surface area (Å²) in [5.74, 6) is 0.0450. The number of nitrogens with one attached hydrogen (secondary N) is 1. The average molecular weight is 502 g/mol. The minimum absolute atomic E-state index is 0.0642. The maximum atomic E-state index is 13.9. The number of carbonyl (C=O) groups excluding carboxylic acids is 1. The number of fused-ring (bicyclic) bond motifs is 1. The van der Waals surface area contributed by atoms with Gasteiger partial charge >= 0.3 is 0 Å². The summed E-state index contributed by atoms with van der Waals surface area (Å²) in [6.07, 6.45) is 3.09. The van der Waals surface area contributed by atoms with Gasteiger partial charge in [0.15, 0.2) is 0 Å². The maximum absolute atomic E-state index is 13.9. The molecular formula is C27H24ClN5OS. The van der Waals surface area contributed by atoms with Crippen LogP contribution in [-0.4, -0.2) is 28.9 Å². The number of piperidine rings is 1. The van der Waals surface area contributed by atoms with Crippen molar-refractivity contribution in [1.82, 2.24) is 9.88 Å². The number of hydrogen-bond donors (Lipinski definition) is 2. The van der Waals surface area contributed by atoms with Crippen LogP contribution in [0.2, 0.25) is 5.02 Å². The quantitative estimate of drug-likeness (QED) is 0.322. The van der Waals surface area contributed by atoms with Crippen LogP contribution in [0.4, 0.5) is 16.5 Å². The number of amides is 1. The molecule has 1 aliphatic heterocycles. The molecule has 3 N–H and O–H groups in total. The Labute approximate surface area is 213 Å². The number of nitriles is 1. The highest BCUT2D eigenvalue weighted by molar-refractivity contribution is 7.24. The highest BCUT2D eigenvalue weighted by Gasteiger charge is 2.29. The molecule has 6 nitrogen and oxygen atoms in total. The molecule has 1 fully saturated rings. The van der Waals surface area contributed by atoms with E-state index in [9.17, 15) is 10.1 Å². The van der Waals surface area contributed by atoms with Gasteiger partial charge in [0, 0.05) is 29.4 Å². The van der Waals surface area contributed by atoms with Crippen molar-refractivity contribution < 1.29 is 4.79 Å². The van der Waals surface area contributed by atoms with E-state index in [1.165, 1.54) is 11.3 Å². The van der Waals surface area contributed by atoms with E-state index < -0.39 is 0 Å². The lowest BCUT2D eigenvalue weighted by atomic mass is 9.99. The van der Waals surface area contributed by atoms with Crippen LogP contribution in [0.25, 0.3) is 21.3 Å². The normalized spacial score (nSPS) is 13.6. The van der Waals surface area contributed by atoms with Crippen molar-refractivity contribution in [2.75, 3.05) is 24.1 Å². The Morgan fingerprint density at radius 2 is 1.86 bits per heavy atom. The number of aromatic nitrogens is 1. The summed E-state index contributed by atoms with van der Waals surface area (Å²) in [5.41, 5.74) is 11.0. The standard InChI is InChI=1S/C27H24ClN5OS/c1-16-7-3-4-8-20(16)31-26-22(27(34)33-13-5-2-6-14-33)23-24(35-26)21(19(15-29)25(30)32-23)17-9-11-18(28)12-10-17/h3-4,7-12,31H,2,5-6,13-14H2,1H3,(H2,30,32). The third kappa shape index (κ3) is 4.31. The Kier molecular flexibility index (Phi) is 6.33. The fourth-order valence-corrected chi connectivity index (χ4v) is 5.84. The van der Waals surface area contributed by atoms with E-state index in [2.05, 4.69) is 16.4 Å². The van der Waals surface area contributed by atoms with Crippen LogP contribution in [0.3, 0.4) is 0 Å². The number of carbonyl (C=O) groups is 1. The first-order chi connectivity index (χ1) is 17.0. The maximum Gasteiger partial charge on any atom is 0.259 e. The highest BCUT2D eigenvalue weighted by atomic mass is 35.5.